The lowest BCUT2D eigenvalue weighted by molar-refractivity contribution is 0.610. The minimum atomic E-state index is -0.363. The van der Waals surface area contributed by atoms with Gasteiger partial charge < -0.3 is 10.2 Å². The molecular formula is C14H11FN2O. The van der Waals surface area contributed by atoms with Crippen LogP contribution in [0.2, 0.25) is 0 Å². The molecule has 0 fully saturated rings. The van der Waals surface area contributed by atoms with E-state index in [1.807, 2.05) is 25.1 Å². The summed E-state index contributed by atoms with van der Waals surface area (Å²) < 4.78 is 18.9. The fourth-order valence-electron chi connectivity index (χ4n) is 1.92. The third kappa shape index (κ3) is 1.62. The largest absolute Gasteiger partial charge is 0.436 e. The standard InChI is InChI=1S/C14H11FN2O/c1-8-3-2-4-12-13(8)18-14(17-12)10-7-9(15)5-6-11(10)16/h2-7H,16H2,1H3. The van der Waals surface area contributed by atoms with Gasteiger partial charge in [-0.1, -0.05) is 12.1 Å². The molecule has 90 valence electrons. The second-order valence-corrected chi connectivity index (χ2v) is 4.17. The Balaban J connectivity index is 2.26. The first kappa shape index (κ1) is 10.8. The molecule has 2 aromatic carbocycles. The molecule has 2 N–H and O–H groups in total. The number of fused-ring (bicyclic) bond motifs is 1. The lowest BCUT2D eigenvalue weighted by Crippen LogP contribution is -1.90. The van der Waals surface area contributed by atoms with Crippen molar-refractivity contribution in [1.82, 2.24) is 4.98 Å². The molecule has 0 unspecified atom stereocenters. The summed E-state index contributed by atoms with van der Waals surface area (Å²) in [6, 6.07) is 9.84. The van der Waals surface area contributed by atoms with Crippen LogP contribution in [0.15, 0.2) is 40.8 Å². The fourth-order valence-corrected chi connectivity index (χ4v) is 1.92. The third-order valence-electron chi connectivity index (χ3n) is 2.86. The Morgan fingerprint density at radius 2 is 2.06 bits per heavy atom. The first-order chi connectivity index (χ1) is 8.65. The Hall–Kier alpha value is -2.36. The molecular weight excluding hydrogens is 231 g/mol. The molecule has 0 amide bonds. The highest BCUT2D eigenvalue weighted by atomic mass is 19.1. The maximum atomic E-state index is 13.2. The van der Waals surface area contributed by atoms with Gasteiger partial charge in [0.05, 0.1) is 5.56 Å². The molecule has 0 bridgehead atoms. The topological polar surface area (TPSA) is 52.0 Å². The van der Waals surface area contributed by atoms with Crippen LogP contribution >= 0.6 is 0 Å². The van der Waals surface area contributed by atoms with Crippen molar-refractivity contribution in [2.75, 3.05) is 5.73 Å². The summed E-state index contributed by atoms with van der Waals surface area (Å²) in [6.07, 6.45) is 0. The van der Waals surface area contributed by atoms with Crippen LogP contribution in [-0.2, 0) is 0 Å². The zero-order chi connectivity index (χ0) is 12.7. The molecule has 1 aromatic heterocycles. The van der Waals surface area contributed by atoms with E-state index in [1.165, 1.54) is 18.2 Å². The van der Waals surface area contributed by atoms with Crippen molar-refractivity contribution in [1.29, 1.82) is 0 Å². The van der Waals surface area contributed by atoms with Crippen LogP contribution in [0.4, 0.5) is 10.1 Å². The van der Waals surface area contributed by atoms with E-state index in [-0.39, 0.29) is 5.82 Å². The Bertz CT molecular complexity index is 734. The van der Waals surface area contributed by atoms with Gasteiger partial charge in [0.15, 0.2) is 5.58 Å². The lowest BCUT2D eigenvalue weighted by atomic mass is 10.2. The van der Waals surface area contributed by atoms with Gasteiger partial charge in [-0.2, -0.15) is 0 Å². The second kappa shape index (κ2) is 3.84. The van der Waals surface area contributed by atoms with Gasteiger partial charge in [-0.05, 0) is 36.8 Å². The Morgan fingerprint density at radius 3 is 2.83 bits per heavy atom. The van der Waals surface area contributed by atoms with E-state index < -0.39 is 0 Å². The van der Waals surface area contributed by atoms with Gasteiger partial charge in [-0.25, -0.2) is 9.37 Å². The lowest BCUT2D eigenvalue weighted by Gasteiger charge is -2.00. The van der Waals surface area contributed by atoms with E-state index in [0.717, 1.165) is 11.1 Å². The number of benzene rings is 2. The predicted octanol–water partition coefficient (Wildman–Crippen LogP) is 3.52. The fraction of sp³-hybridized carbons (Fsp3) is 0.0714. The minimum absolute atomic E-state index is 0.344. The molecule has 3 rings (SSSR count). The van der Waals surface area contributed by atoms with Crippen molar-refractivity contribution in [2.45, 2.75) is 6.92 Å². The molecule has 0 aliphatic heterocycles. The summed E-state index contributed by atoms with van der Waals surface area (Å²) in [5.74, 6) is -0.0190. The van der Waals surface area contributed by atoms with E-state index in [9.17, 15) is 4.39 Å². The number of anilines is 1. The Morgan fingerprint density at radius 1 is 1.22 bits per heavy atom. The summed E-state index contributed by atoms with van der Waals surface area (Å²) in [4.78, 5) is 4.33. The molecule has 4 heteroatoms. The molecule has 0 saturated heterocycles. The highest BCUT2D eigenvalue weighted by Crippen LogP contribution is 2.30. The van der Waals surface area contributed by atoms with Crippen LogP contribution in [0, 0.1) is 12.7 Å². The van der Waals surface area contributed by atoms with Gasteiger partial charge in [-0.15, -0.1) is 0 Å². The van der Waals surface area contributed by atoms with Crippen molar-refractivity contribution in [3.63, 3.8) is 0 Å². The van der Waals surface area contributed by atoms with Crippen LogP contribution < -0.4 is 5.73 Å². The quantitative estimate of drug-likeness (QED) is 0.664. The number of hydrogen-bond donors (Lipinski definition) is 1. The van der Waals surface area contributed by atoms with Crippen LogP contribution in [0.25, 0.3) is 22.6 Å². The normalized spacial score (nSPS) is 11.0. The van der Waals surface area contributed by atoms with Crippen LogP contribution in [-0.4, -0.2) is 4.98 Å². The highest BCUT2D eigenvalue weighted by Gasteiger charge is 2.12. The van der Waals surface area contributed by atoms with Crippen LogP contribution in [0.3, 0.4) is 0 Å². The summed E-state index contributed by atoms with van der Waals surface area (Å²) in [5, 5.41) is 0. The average Bonchev–Trinajstić information content (AvgIpc) is 2.77. The smallest absolute Gasteiger partial charge is 0.229 e. The molecule has 3 aromatic rings. The molecule has 0 spiro atoms. The van der Waals surface area contributed by atoms with Crippen LogP contribution in [0.5, 0.6) is 0 Å². The van der Waals surface area contributed by atoms with E-state index in [1.54, 1.807) is 0 Å². The van der Waals surface area contributed by atoms with Crippen molar-refractivity contribution < 1.29 is 8.81 Å². The number of rotatable bonds is 1. The number of aryl methyl sites for hydroxylation is 1. The summed E-state index contributed by atoms with van der Waals surface area (Å²) >= 11 is 0. The van der Waals surface area contributed by atoms with Gasteiger partial charge >= 0.3 is 0 Å². The Labute approximate surface area is 103 Å². The summed E-state index contributed by atoms with van der Waals surface area (Å²) in [7, 11) is 0. The molecule has 3 nitrogen and oxygen atoms in total. The zero-order valence-electron chi connectivity index (χ0n) is 9.77. The van der Waals surface area contributed by atoms with Crippen molar-refractivity contribution in [3.8, 4) is 11.5 Å². The maximum absolute atomic E-state index is 13.2. The van der Waals surface area contributed by atoms with Gasteiger partial charge in [0, 0.05) is 5.69 Å². The highest BCUT2D eigenvalue weighted by molar-refractivity contribution is 5.81. The SMILES string of the molecule is Cc1cccc2nc(-c3cc(F)ccc3N)oc12. The number of oxazole rings is 1. The maximum Gasteiger partial charge on any atom is 0.229 e. The number of nitrogens with zero attached hydrogens (tertiary/aromatic N) is 1. The molecule has 0 atom stereocenters. The van der Waals surface area contributed by atoms with Crippen LogP contribution in [0.1, 0.15) is 5.56 Å². The molecule has 0 aliphatic carbocycles. The van der Waals surface area contributed by atoms with E-state index in [4.69, 9.17) is 10.2 Å². The van der Waals surface area contributed by atoms with Crippen molar-refractivity contribution in [3.05, 3.63) is 47.8 Å². The minimum Gasteiger partial charge on any atom is -0.436 e. The predicted molar refractivity (Wildman–Crippen MR) is 68.6 cm³/mol. The summed E-state index contributed by atoms with van der Waals surface area (Å²) in [5.41, 5.74) is 9.17. The van der Waals surface area contributed by atoms with Gasteiger partial charge in [0.1, 0.15) is 11.3 Å². The number of para-hydroxylation sites is 1. The van der Waals surface area contributed by atoms with E-state index in [2.05, 4.69) is 4.98 Å². The number of hydrogen-bond acceptors (Lipinski definition) is 3. The van der Waals surface area contributed by atoms with E-state index in [0.29, 0.717) is 22.7 Å². The van der Waals surface area contributed by atoms with E-state index >= 15 is 0 Å². The zero-order valence-corrected chi connectivity index (χ0v) is 9.77. The Kier molecular flexibility index (Phi) is 2.30. The molecule has 0 aliphatic rings. The number of nitrogen functional groups attached to an aromatic ring is 1. The number of halogens is 1. The molecule has 0 saturated carbocycles. The average molecular weight is 242 g/mol. The second-order valence-electron chi connectivity index (χ2n) is 4.17. The van der Waals surface area contributed by atoms with Gasteiger partial charge in [0.25, 0.3) is 0 Å². The number of aromatic nitrogens is 1. The van der Waals surface area contributed by atoms with Gasteiger partial charge in [0.2, 0.25) is 5.89 Å². The summed E-state index contributed by atoms with van der Waals surface area (Å²) in [6.45, 7) is 1.94. The third-order valence-corrected chi connectivity index (χ3v) is 2.86. The molecule has 18 heavy (non-hydrogen) atoms. The molecule has 0 radical (unpaired) electrons. The van der Waals surface area contributed by atoms with Crippen molar-refractivity contribution in [2.24, 2.45) is 0 Å². The van der Waals surface area contributed by atoms with Gasteiger partial charge in [-0.3, -0.25) is 0 Å². The monoisotopic (exact) mass is 242 g/mol. The molecule has 1 heterocycles. The first-order valence-electron chi connectivity index (χ1n) is 5.57. The number of nitrogens with two attached hydrogens (primary N) is 1. The first-order valence-corrected chi connectivity index (χ1v) is 5.57. The van der Waals surface area contributed by atoms with Crippen molar-refractivity contribution >= 4 is 16.8 Å².